The summed E-state index contributed by atoms with van der Waals surface area (Å²) in [4.78, 5) is 0. The first kappa shape index (κ1) is 70.6. The second kappa shape index (κ2) is 34.7. The van der Waals surface area contributed by atoms with E-state index < -0.39 is 13.7 Å². The van der Waals surface area contributed by atoms with Crippen LogP contribution in [0.4, 0.5) is 0 Å². The van der Waals surface area contributed by atoms with E-state index in [0.29, 0.717) is 22.4 Å². The quantitative estimate of drug-likeness (QED) is 0.148. The van der Waals surface area contributed by atoms with Gasteiger partial charge in [0.2, 0.25) is 34.2 Å². The average Bonchev–Trinajstić information content (AvgIpc) is 0.787. The molecule has 0 N–H and O–H groups in total. The van der Waals surface area contributed by atoms with Crippen LogP contribution in [-0.2, 0) is 42.3 Å². The summed E-state index contributed by atoms with van der Waals surface area (Å²) in [5.41, 5.74) is 43.5. The third-order valence-electron chi connectivity index (χ3n) is 21.2. The number of hydrogen-bond donors (Lipinski definition) is 0. The van der Waals surface area contributed by atoms with Crippen LogP contribution in [0, 0.1) is 166 Å². The van der Waals surface area contributed by atoms with Crippen molar-refractivity contribution in [2.75, 3.05) is 0 Å². The molecule has 0 spiro atoms. The lowest BCUT2D eigenvalue weighted by molar-refractivity contribution is -0.667. The third-order valence-corrected chi connectivity index (χ3v) is 21.2. The molecule has 0 radical (unpaired) electrons. The van der Waals surface area contributed by atoms with Crippen molar-refractivity contribution in [2.24, 2.45) is 42.3 Å². The predicted octanol–water partition coefficient (Wildman–Crippen LogP) is 20.5. The van der Waals surface area contributed by atoms with E-state index in [1.807, 2.05) is 6.07 Å². The standard InChI is InChI=1S/6C16H20N/c2*1-11-9-14(4)17(5)15(10-11)16-12(2)7-6-8-13(16)3;2*1-11-7-6-8-15(13(11)3)16-10-9-12(2)14(4)17(16)5;2*1-11-8-6-7-9-15(11)16-14(4)12(2)10-13(3)17(16)5/h6*6-10H,1-5H3/q6*+1/i;;1D3,2D3;;;. The minimum absolute atomic E-state index is 0.299. The molecule has 0 amide bonds. The minimum atomic E-state index is -2.17. The van der Waals surface area contributed by atoms with Crippen LogP contribution >= 0.6 is 0 Å². The smallest absolute Gasteiger partial charge is 0.199 e. The van der Waals surface area contributed by atoms with E-state index in [9.17, 15) is 0 Å². The maximum Gasteiger partial charge on any atom is 0.215 e. The topological polar surface area (TPSA) is 23.3 Å². The van der Waals surface area contributed by atoms with E-state index >= 15 is 0 Å². The molecule has 6 aromatic carbocycles. The molecule has 6 heterocycles. The van der Waals surface area contributed by atoms with Crippen molar-refractivity contribution in [3.05, 3.63) is 316 Å². The molecular weight excluding hydrogens is 1240 g/mol. The summed E-state index contributed by atoms with van der Waals surface area (Å²) < 4.78 is 58.8. The van der Waals surface area contributed by atoms with Crippen molar-refractivity contribution in [3.63, 3.8) is 0 Å². The van der Waals surface area contributed by atoms with Gasteiger partial charge in [0.15, 0.2) is 34.2 Å². The van der Waals surface area contributed by atoms with Crippen LogP contribution in [0.2, 0.25) is 0 Å². The Bertz CT molecular complexity index is 4980. The van der Waals surface area contributed by atoms with Gasteiger partial charge < -0.3 is 0 Å². The van der Waals surface area contributed by atoms with Gasteiger partial charge in [0.1, 0.15) is 42.3 Å². The van der Waals surface area contributed by atoms with Gasteiger partial charge in [-0.2, -0.15) is 27.4 Å². The van der Waals surface area contributed by atoms with Gasteiger partial charge in [-0.05, 0) is 239 Å². The van der Waals surface area contributed by atoms with Crippen molar-refractivity contribution in [1.29, 1.82) is 0 Å². The molecule has 6 aromatic heterocycles. The summed E-state index contributed by atoms with van der Waals surface area (Å²) in [5, 5.41) is 0. The van der Waals surface area contributed by atoms with E-state index in [0.717, 1.165) is 11.3 Å². The molecule has 0 aliphatic rings. The molecule has 0 aliphatic heterocycles. The zero-order valence-electron chi connectivity index (χ0n) is 73.0. The first-order valence-corrected chi connectivity index (χ1v) is 35.8. The van der Waals surface area contributed by atoms with Gasteiger partial charge in [0.25, 0.3) is 0 Å². The number of aryl methyl sites for hydroxylation is 18. The molecule has 12 rings (SSSR count). The number of benzene rings is 6. The molecule has 0 bridgehead atoms. The van der Waals surface area contributed by atoms with E-state index in [2.05, 4.69) is 348 Å². The molecule has 6 nitrogen and oxygen atoms in total. The highest BCUT2D eigenvalue weighted by atomic mass is 15.0. The van der Waals surface area contributed by atoms with Crippen LogP contribution in [0.3, 0.4) is 0 Å². The second-order valence-electron chi connectivity index (χ2n) is 28.5. The second-order valence-corrected chi connectivity index (χ2v) is 28.5. The van der Waals surface area contributed by atoms with Gasteiger partial charge in [-0.15, -0.1) is 0 Å². The fourth-order valence-electron chi connectivity index (χ4n) is 13.7. The lowest BCUT2D eigenvalue weighted by Gasteiger charge is -2.10. The Balaban J connectivity index is 0.000000181. The van der Waals surface area contributed by atoms with E-state index in [1.165, 1.54) is 168 Å². The van der Waals surface area contributed by atoms with Crippen LogP contribution in [0.15, 0.2) is 182 Å². The van der Waals surface area contributed by atoms with Gasteiger partial charge in [-0.3, -0.25) is 0 Å². The van der Waals surface area contributed by atoms with E-state index in [4.69, 9.17) is 8.22 Å². The lowest BCUT2D eigenvalue weighted by Crippen LogP contribution is -2.36. The molecule has 0 saturated heterocycles. The summed E-state index contributed by atoms with van der Waals surface area (Å²) >= 11 is 0. The van der Waals surface area contributed by atoms with Crippen molar-refractivity contribution < 1.29 is 35.6 Å². The van der Waals surface area contributed by atoms with Crippen LogP contribution in [0.1, 0.15) is 143 Å². The van der Waals surface area contributed by atoms with Crippen LogP contribution in [0.25, 0.3) is 67.5 Å². The number of aromatic nitrogens is 6. The third kappa shape index (κ3) is 18.3. The zero-order valence-corrected chi connectivity index (χ0v) is 67.0. The summed E-state index contributed by atoms with van der Waals surface area (Å²) in [6.45, 7) is 42.7. The van der Waals surface area contributed by atoms with E-state index in [1.54, 1.807) is 49.7 Å². The molecule has 102 heavy (non-hydrogen) atoms. The van der Waals surface area contributed by atoms with E-state index in [-0.39, 0.29) is 0 Å². The molecule has 12 aromatic rings. The monoisotopic (exact) mass is 1360 g/mol. The first-order chi connectivity index (χ1) is 50.5. The van der Waals surface area contributed by atoms with Crippen molar-refractivity contribution in [3.8, 4) is 67.5 Å². The molecule has 0 fully saturated rings. The molecule has 528 valence electrons. The highest BCUT2D eigenvalue weighted by Crippen LogP contribution is 2.31. The Morgan fingerprint density at radius 2 is 0.520 bits per heavy atom. The van der Waals surface area contributed by atoms with Crippen molar-refractivity contribution in [2.45, 2.75) is 166 Å². The Hall–Kier alpha value is -9.78. The fourth-order valence-corrected chi connectivity index (χ4v) is 13.7. The SMILES string of the molecule is Cc1cc(C)[n+](C)c(-c2c(C)cccc2C)c1.Cc1cc(C)[n+](C)c(-c2c(C)cccc2C)c1.Cc1cccc(-c2ccc(C)c(C)[n+]2C)c1C.Cc1ccccc1-c1c(C)c(C)cc(C)[n+]1C.Cc1ccccc1-c1c(C)c(C)cc(C)[n+]1C.[2H]C([2H])([2H])c1cccc(-c2ccc(C([2H])([2H])[2H])c(C)[n+]2C)c1C. The summed E-state index contributed by atoms with van der Waals surface area (Å²) in [6, 6.07) is 63.0. The molecule has 0 atom stereocenters. The Morgan fingerprint density at radius 3 is 0.902 bits per heavy atom. The summed E-state index contributed by atoms with van der Waals surface area (Å²) in [6.07, 6.45) is 0. The van der Waals surface area contributed by atoms with Gasteiger partial charge in [-0.25, -0.2) is 0 Å². The Labute approximate surface area is 624 Å². The van der Waals surface area contributed by atoms with Gasteiger partial charge in [0.05, 0.1) is 11.1 Å². The summed E-state index contributed by atoms with van der Waals surface area (Å²) in [7, 11) is 12.5. The number of hydrogen-bond acceptors (Lipinski definition) is 0. The van der Waals surface area contributed by atoms with Crippen molar-refractivity contribution in [1.82, 2.24) is 0 Å². The van der Waals surface area contributed by atoms with Crippen LogP contribution < -0.4 is 27.4 Å². The van der Waals surface area contributed by atoms with Crippen molar-refractivity contribution >= 4 is 0 Å². The fraction of sp³-hybridized carbons (Fsp3) is 0.312. The number of nitrogens with zero attached hydrogens (tertiary/aromatic N) is 6. The predicted molar refractivity (Wildman–Crippen MR) is 432 cm³/mol. The molecule has 6 heteroatoms. The Kier molecular flexibility index (Phi) is 24.1. The van der Waals surface area contributed by atoms with Gasteiger partial charge in [0, 0.05) is 143 Å². The van der Waals surface area contributed by atoms with Crippen LogP contribution in [0.5, 0.6) is 0 Å². The first-order valence-electron chi connectivity index (χ1n) is 38.8. The number of pyridine rings is 6. The molecule has 0 unspecified atom stereocenters. The normalized spacial score (nSPS) is 11.8. The van der Waals surface area contributed by atoms with Gasteiger partial charge in [-0.1, -0.05) is 97.1 Å². The largest absolute Gasteiger partial charge is 0.215 e. The lowest BCUT2D eigenvalue weighted by atomic mass is 9.98. The van der Waals surface area contributed by atoms with Gasteiger partial charge >= 0.3 is 0 Å². The Morgan fingerprint density at radius 1 is 0.216 bits per heavy atom. The highest BCUT2D eigenvalue weighted by molar-refractivity contribution is 5.69. The van der Waals surface area contributed by atoms with Crippen LogP contribution in [-0.4, -0.2) is 0 Å². The molecular formula is C96H120N6+6. The number of rotatable bonds is 6. The average molecular weight is 1360 g/mol. The highest BCUT2D eigenvalue weighted by Gasteiger charge is 2.24. The molecule has 0 aliphatic carbocycles. The molecule has 0 saturated carbocycles. The maximum absolute atomic E-state index is 7.64. The zero-order chi connectivity index (χ0) is 80.5. The minimum Gasteiger partial charge on any atom is -0.199 e. The maximum atomic E-state index is 7.64. The summed E-state index contributed by atoms with van der Waals surface area (Å²) in [5.74, 6) is 0.